The minimum atomic E-state index is -0.437. The van der Waals surface area contributed by atoms with Crippen molar-refractivity contribution in [1.82, 2.24) is 19.3 Å². The summed E-state index contributed by atoms with van der Waals surface area (Å²) < 4.78 is 18.3. The van der Waals surface area contributed by atoms with E-state index in [1.165, 1.54) is 18.6 Å². The molecule has 4 rings (SSSR count). The molecule has 1 aromatic carbocycles. The van der Waals surface area contributed by atoms with Crippen molar-refractivity contribution in [3.8, 4) is 11.4 Å². The Morgan fingerprint density at radius 1 is 1.36 bits per heavy atom. The largest absolute Gasteiger partial charge is 0.326 e. The first kappa shape index (κ1) is 16.2. The Morgan fingerprint density at radius 3 is 2.92 bits per heavy atom. The zero-order chi connectivity index (χ0) is 17.4. The Morgan fingerprint density at radius 2 is 2.20 bits per heavy atom. The van der Waals surface area contributed by atoms with E-state index in [2.05, 4.69) is 26.0 Å². The lowest BCUT2D eigenvalue weighted by Gasteiger charge is -2.26. The van der Waals surface area contributed by atoms with Crippen molar-refractivity contribution >= 4 is 22.2 Å². The Kier molecular flexibility index (Phi) is 4.25. The monoisotopic (exact) mass is 402 g/mol. The Hall–Kier alpha value is -2.28. The Bertz CT molecular complexity index is 929. The molecule has 0 saturated heterocycles. The van der Waals surface area contributed by atoms with Gasteiger partial charge in [-0.2, -0.15) is 5.10 Å². The quantitative estimate of drug-likeness (QED) is 0.599. The third kappa shape index (κ3) is 2.93. The van der Waals surface area contributed by atoms with E-state index in [9.17, 15) is 9.18 Å². The van der Waals surface area contributed by atoms with Crippen molar-refractivity contribution in [2.45, 2.75) is 31.8 Å². The number of hydrogen-bond donors (Lipinski definition) is 0. The van der Waals surface area contributed by atoms with Gasteiger partial charge in [0.2, 0.25) is 0 Å². The third-order valence-electron chi connectivity index (χ3n) is 4.66. The van der Waals surface area contributed by atoms with Crippen molar-refractivity contribution in [1.29, 1.82) is 0 Å². The Balaban J connectivity index is 1.67. The van der Waals surface area contributed by atoms with Crippen LogP contribution in [0.3, 0.4) is 0 Å². The molecule has 25 heavy (non-hydrogen) atoms. The fraction of sp³-hybridized carbons (Fsp3) is 0.278. The maximum atomic E-state index is 13.4. The van der Waals surface area contributed by atoms with E-state index in [4.69, 9.17) is 0 Å². The second-order valence-corrected chi connectivity index (χ2v) is 6.97. The van der Waals surface area contributed by atoms with E-state index in [1.54, 1.807) is 12.3 Å². The summed E-state index contributed by atoms with van der Waals surface area (Å²) in [5.74, 6) is 0.193. The smallest absolute Gasteiger partial charge is 0.150 e. The zero-order valence-electron chi connectivity index (χ0n) is 13.4. The number of carbonyl (C=O) groups excluding carboxylic acids is 1. The second-order valence-electron chi connectivity index (χ2n) is 6.22. The number of aldehydes is 1. The highest BCUT2D eigenvalue weighted by Gasteiger charge is 2.23. The SMILES string of the molecule is O=Cc1cc(F)ccc1-c1nccn1Cc1cnn(C2CCC2)c1Br. The summed E-state index contributed by atoms with van der Waals surface area (Å²) in [7, 11) is 0. The van der Waals surface area contributed by atoms with Gasteiger partial charge in [-0.25, -0.2) is 9.37 Å². The Labute approximate surface area is 152 Å². The fourth-order valence-electron chi connectivity index (χ4n) is 3.07. The number of carbonyl (C=O) groups is 1. The number of benzene rings is 1. The van der Waals surface area contributed by atoms with Crippen LogP contribution in [0.2, 0.25) is 0 Å². The van der Waals surface area contributed by atoms with Crippen LogP contribution in [0, 0.1) is 5.82 Å². The average molecular weight is 403 g/mol. The molecule has 0 bridgehead atoms. The molecule has 0 radical (unpaired) electrons. The molecule has 2 heterocycles. The molecule has 0 unspecified atom stereocenters. The summed E-state index contributed by atoms with van der Waals surface area (Å²) in [5, 5.41) is 4.50. The van der Waals surface area contributed by atoms with Gasteiger partial charge in [-0.05, 0) is 53.4 Å². The van der Waals surface area contributed by atoms with Gasteiger partial charge in [-0.15, -0.1) is 0 Å². The molecule has 3 aromatic rings. The van der Waals surface area contributed by atoms with E-state index in [1.807, 2.05) is 21.6 Å². The van der Waals surface area contributed by atoms with Crippen LogP contribution < -0.4 is 0 Å². The number of imidazole rings is 1. The average Bonchev–Trinajstić information content (AvgIpc) is 3.15. The first-order chi connectivity index (χ1) is 12.2. The molecular weight excluding hydrogens is 387 g/mol. The number of halogens is 2. The van der Waals surface area contributed by atoms with Gasteiger partial charge >= 0.3 is 0 Å². The second kappa shape index (κ2) is 6.55. The van der Waals surface area contributed by atoms with Gasteiger partial charge in [0.05, 0.1) is 18.8 Å². The van der Waals surface area contributed by atoms with E-state index in [0.717, 1.165) is 23.0 Å². The maximum Gasteiger partial charge on any atom is 0.150 e. The minimum absolute atomic E-state index is 0.289. The lowest BCUT2D eigenvalue weighted by Crippen LogP contribution is -2.18. The van der Waals surface area contributed by atoms with Crippen LogP contribution in [0.25, 0.3) is 11.4 Å². The third-order valence-corrected chi connectivity index (χ3v) is 5.53. The summed E-state index contributed by atoms with van der Waals surface area (Å²) in [4.78, 5) is 15.7. The van der Waals surface area contributed by atoms with Crippen LogP contribution in [0.1, 0.15) is 41.2 Å². The summed E-state index contributed by atoms with van der Waals surface area (Å²) in [6.45, 7) is 0.568. The number of rotatable bonds is 5. The van der Waals surface area contributed by atoms with E-state index >= 15 is 0 Å². The molecule has 1 aliphatic carbocycles. The molecule has 7 heteroatoms. The molecule has 0 spiro atoms. The van der Waals surface area contributed by atoms with Crippen LogP contribution >= 0.6 is 15.9 Å². The predicted molar refractivity (Wildman–Crippen MR) is 94.9 cm³/mol. The van der Waals surface area contributed by atoms with Gasteiger partial charge in [0, 0.05) is 29.1 Å². The molecule has 128 valence electrons. The highest BCUT2D eigenvalue weighted by Crippen LogP contribution is 2.35. The van der Waals surface area contributed by atoms with Crippen molar-refractivity contribution < 1.29 is 9.18 Å². The van der Waals surface area contributed by atoms with Gasteiger partial charge in [0.25, 0.3) is 0 Å². The highest BCUT2D eigenvalue weighted by atomic mass is 79.9. The summed E-state index contributed by atoms with van der Waals surface area (Å²) in [6, 6.07) is 4.63. The molecule has 5 nitrogen and oxygen atoms in total. The molecule has 2 aromatic heterocycles. The van der Waals surface area contributed by atoms with Gasteiger partial charge in [0.1, 0.15) is 16.2 Å². The lowest BCUT2D eigenvalue weighted by molar-refractivity contribution is 0.112. The van der Waals surface area contributed by atoms with Crippen LogP contribution in [0.5, 0.6) is 0 Å². The van der Waals surface area contributed by atoms with Crippen molar-refractivity contribution in [2.24, 2.45) is 0 Å². The summed E-state index contributed by atoms with van der Waals surface area (Å²) in [5.41, 5.74) is 1.95. The minimum Gasteiger partial charge on any atom is -0.326 e. The standard InChI is InChI=1S/C18H16BrFN4O/c19-17-13(9-22-24(17)15-2-1-3-15)10-23-7-6-21-18(23)16-5-4-14(20)8-12(16)11-25/h4-9,11,15H,1-3,10H2. The molecule has 0 aliphatic heterocycles. The van der Waals surface area contributed by atoms with Gasteiger partial charge in [-0.1, -0.05) is 0 Å². The van der Waals surface area contributed by atoms with Gasteiger partial charge < -0.3 is 4.57 Å². The van der Waals surface area contributed by atoms with Gasteiger partial charge in [-0.3, -0.25) is 9.48 Å². The molecule has 0 amide bonds. The number of hydrogen-bond acceptors (Lipinski definition) is 3. The number of aromatic nitrogens is 4. The summed E-state index contributed by atoms with van der Waals surface area (Å²) >= 11 is 3.65. The van der Waals surface area contributed by atoms with Crippen LogP contribution in [0.4, 0.5) is 4.39 Å². The molecular formula is C18H16BrFN4O. The van der Waals surface area contributed by atoms with Crippen molar-refractivity contribution in [3.05, 3.63) is 58.3 Å². The maximum absolute atomic E-state index is 13.4. The van der Waals surface area contributed by atoms with Crippen molar-refractivity contribution in [3.63, 3.8) is 0 Å². The first-order valence-electron chi connectivity index (χ1n) is 8.15. The van der Waals surface area contributed by atoms with E-state index in [0.29, 0.717) is 30.3 Å². The number of nitrogens with zero attached hydrogens (tertiary/aromatic N) is 4. The van der Waals surface area contributed by atoms with E-state index < -0.39 is 5.82 Å². The topological polar surface area (TPSA) is 52.7 Å². The van der Waals surface area contributed by atoms with Crippen LogP contribution in [-0.4, -0.2) is 25.6 Å². The van der Waals surface area contributed by atoms with Crippen LogP contribution in [-0.2, 0) is 6.54 Å². The summed E-state index contributed by atoms with van der Waals surface area (Å²) in [6.07, 6.45) is 9.61. The highest BCUT2D eigenvalue weighted by molar-refractivity contribution is 9.10. The predicted octanol–water partition coefficient (Wildman–Crippen LogP) is 4.23. The fourth-order valence-corrected chi connectivity index (χ4v) is 3.68. The molecule has 1 aliphatic rings. The molecule has 0 atom stereocenters. The van der Waals surface area contributed by atoms with Gasteiger partial charge in [0.15, 0.2) is 6.29 Å². The zero-order valence-corrected chi connectivity index (χ0v) is 15.0. The van der Waals surface area contributed by atoms with Crippen LogP contribution in [0.15, 0.2) is 41.4 Å². The normalized spacial score (nSPS) is 14.5. The first-order valence-corrected chi connectivity index (χ1v) is 8.95. The van der Waals surface area contributed by atoms with Crippen molar-refractivity contribution in [2.75, 3.05) is 0 Å². The molecule has 1 fully saturated rings. The van der Waals surface area contributed by atoms with E-state index in [-0.39, 0.29) is 5.56 Å². The molecule has 1 saturated carbocycles. The lowest BCUT2D eigenvalue weighted by atomic mass is 9.93. The molecule has 0 N–H and O–H groups in total.